The summed E-state index contributed by atoms with van der Waals surface area (Å²) in [6.45, 7) is 3.93. The fourth-order valence-electron chi connectivity index (χ4n) is 2.68. The summed E-state index contributed by atoms with van der Waals surface area (Å²) in [4.78, 5) is 11.0. The molecule has 116 valence electrons. The zero-order valence-corrected chi connectivity index (χ0v) is 13.2. The van der Waals surface area contributed by atoms with Gasteiger partial charge in [0, 0.05) is 6.04 Å². The van der Waals surface area contributed by atoms with E-state index >= 15 is 0 Å². The number of carbonyl (C=O) groups is 1. The number of anilines is 1. The van der Waals surface area contributed by atoms with Gasteiger partial charge < -0.3 is 15.2 Å². The minimum absolute atomic E-state index is 0.0493. The predicted octanol–water partition coefficient (Wildman–Crippen LogP) is 4.18. The van der Waals surface area contributed by atoms with Crippen LogP contribution in [0.2, 0.25) is 5.02 Å². The Morgan fingerprint density at radius 1 is 1.33 bits per heavy atom. The molecule has 2 rings (SSSR count). The summed E-state index contributed by atoms with van der Waals surface area (Å²) < 4.78 is 5.79. The molecule has 1 fully saturated rings. The van der Waals surface area contributed by atoms with Crippen LogP contribution in [0.5, 0.6) is 5.75 Å². The first kappa shape index (κ1) is 16.0. The fraction of sp³-hybridized carbons (Fsp3) is 0.562. The number of hydrogen-bond acceptors (Lipinski definition) is 3. The van der Waals surface area contributed by atoms with E-state index in [1.807, 2.05) is 32.0 Å². The molecule has 0 saturated heterocycles. The zero-order chi connectivity index (χ0) is 15.4. The summed E-state index contributed by atoms with van der Waals surface area (Å²) >= 11 is 6.21. The normalized spacial score (nSPS) is 22.1. The topological polar surface area (TPSA) is 58.6 Å². The minimum Gasteiger partial charge on any atom is -0.487 e. The van der Waals surface area contributed by atoms with Crippen molar-refractivity contribution in [3.8, 4) is 5.75 Å². The molecule has 0 heterocycles. The van der Waals surface area contributed by atoms with Gasteiger partial charge in [-0.3, -0.25) is 4.79 Å². The summed E-state index contributed by atoms with van der Waals surface area (Å²) in [6.07, 6.45) is 3.19. The standard InChI is InChI=1S/C16H22ClNO3/c1-10(2)21-15-13(17)4-3-5-14(15)18-12-8-6-11(7-9-12)16(19)20/h3-5,10-12,18H,6-9H2,1-2H3,(H,19,20). The highest BCUT2D eigenvalue weighted by atomic mass is 35.5. The molecule has 1 aromatic carbocycles. The highest BCUT2D eigenvalue weighted by Gasteiger charge is 2.26. The Labute approximate surface area is 130 Å². The van der Waals surface area contributed by atoms with Crippen molar-refractivity contribution in [2.75, 3.05) is 5.32 Å². The van der Waals surface area contributed by atoms with Crippen LogP contribution in [-0.4, -0.2) is 23.2 Å². The molecule has 1 aliphatic carbocycles. The van der Waals surface area contributed by atoms with E-state index in [2.05, 4.69) is 5.32 Å². The maximum Gasteiger partial charge on any atom is 0.306 e. The lowest BCUT2D eigenvalue weighted by Crippen LogP contribution is -2.29. The second-order valence-electron chi connectivity index (χ2n) is 5.81. The third-order valence-corrected chi connectivity index (χ3v) is 4.05. The van der Waals surface area contributed by atoms with Gasteiger partial charge in [-0.25, -0.2) is 0 Å². The highest BCUT2D eigenvalue weighted by Crippen LogP contribution is 2.36. The molecule has 0 amide bonds. The molecule has 1 saturated carbocycles. The number of rotatable bonds is 5. The van der Waals surface area contributed by atoms with Gasteiger partial charge in [-0.05, 0) is 51.7 Å². The number of carboxylic acids is 1. The maximum atomic E-state index is 11.0. The van der Waals surface area contributed by atoms with Crippen LogP contribution in [0.25, 0.3) is 0 Å². The van der Waals surface area contributed by atoms with E-state index in [1.54, 1.807) is 0 Å². The summed E-state index contributed by atoms with van der Waals surface area (Å²) in [6, 6.07) is 5.92. The van der Waals surface area contributed by atoms with Crippen LogP contribution in [0.15, 0.2) is 18.2 Å². The average molecular weight is 312 g/mol. The number of benzene rings is 1. The predicted molar refractivity (Wildman–Crippen MR) is 84.2 cm³/mol. The maximum absolute atomic E-state index is 11.0. The van der Waals surface area contributed by atoms with E-state index < -0.39 is 5.97 Å². The average Bonchev–Trinajstić information content (AvgIpc) is 2.43. The van der Waals surface area contributed by atoms with Crippen LogP contribution >= 0.6 is 11.6 Å². The van der Waals surface area contributed by atoms with E-state index in [4.69, 9.17) is 21.4 Å². The van der Waals surface area contributed by atoms with E-state index in [1.165, 1.54) is 0 Å². The SMILES string of the molecule is CC(C)Oc1c(Cl)cccc1NC1CCC(C(=O)O)CC1. The summed E-state index contributed by atoms with van der Waals surface area (Å²) in [5.74, 6) is -0.205. The fourth-order valence-corrected chi connectivity index (χ4v) is 2.90. The molecule has 0 spiro atoms. The van der Waals surface area contributed by atoms with Crippen LogP contribution in [0.4, 0.5) is 5.69 Å². The lowest BCUT2D eigenvalue weighted by molar-refractivity contribution is -0.142. The number of aliphatic carboxylic acids is 1. The zero-order valence-electron chi connectivity index (χ0n) is 12.4. The first-order chi connectivity index (χ1) is 9.97. The molecular weight excluding hydrogens is 290 g/mol. The van der Waals surface area contributed by atoms with Crippen molar-refractivity contribution >= 4 is 23.3 Å². The van der Waals surface area contributed by atoms with Gasteiger partial charge in [-0.15, -0.1) is 0 Å². The molecule has 0 aliphatic heterocycles. The third-order valence-electron chi connectivity index (χ3n) is 3.76. The van der Waals surface area contributed by atoms with E-state index in [0.29, 0.717) is 23.6 Å². The molecule has 1 aliphatic rings. The monoisotopic (exact) mass is 311 g/mol. The van der Waals surface area contributed by atoms with Gasteiger partial charge in [0.2, 0.25) is 0 Å². The Bertz CT molecular complexity index is 496. The van der Waals surface area contributed by atoms with Crippen molar-refractivity contribution in [2.24, 2.45) is 5.92 Å². The van der Waals surface area contributed by atoms with Crippen LogP contribution in [0.3, 0.4) is 0 Å². The van der Waals surface area contributed by atoms with Gasteiger partial charge >= 0.3 is 5.97 Å². The first-order valence-corrected chi connectivity index (χ1v) is 7.79. The van der Waals surface area contributed by atoms with Crippen molar-refractivity contribution in [3.05, 3.63) is 23.2 Å². The Balaban J connectivity index is 2.03. The third kappa shape index (κ3) is 4.27. The van der Waals surface area contributed by atoms with Crippen LogP contribution in [0, 0.1) is 5.92 Å². The number of carboxylic acid groups (broad SMARTS) is 1. The summed E-state index contributed by atoms with van der Waals surface area (Å²) in [5.41, 5.74) is 0.884. The van der Waals surface area contributed by atoms with Crippen LogP contribution in [0.1, 0.15) is 39.5 Å². The van der Waals surface area contributed by atoms with E-state index in [9.17, 15) is 4.79 Å². The molecule has 0 bridgehead atoms. The summed E-state index contributed by atoms with van der Waals surface area (Å²) in [7, 11) is 0. The van der Waals surface area contributed by atoms with Gasteiger partial charge in [0.15, 0.2) is 5.75 Å². The Hall–Kier alpha value is -1.42. The minimum atomic E-state index is -0.681. The lowest BCUT2D eigenvalue weighted by Gasteiger charge is -2.28. The second-order valence-corrected chi connectivity index (χ2v) is 6.22. The lowest BCUT2D eigenvalue weighted by atomic mass is 9.86. The van der Waals surface area contributed by atoms with E-state index in [0.717, 1.165) is 18.5 Å². The number of para-hydroxylation sites is 1. The quantitative estimate of drug-likeness (QED) is 0.856. The Kier molecular flexibility index (Phi) is 5.34. The highest BCUT2D eigenvalue weighted by molar-refractivity contribution is 6.32. The smallest absolute Gasteiger partial charge is 0.306 e. The molecule has 21 heavy (non-hydrogen) atoms. The molecule has 0 radical (unpaired) electrons. The molecule has 0 aromatic heterocycles. The van der Waals surface area contributed by atoms with Gasteiger partial charge in [0.05, 0.1) is 22.7 Å². The first-order valence-electron chi connectivity index (χ1n) is 7.42. The molecule has 0 atom stereocenters. The number of halogens is 1. The van der Waals surface area contributed by atoms with Crippen LogP contribution < -0.4 is 10.1 Å². The largest absolute Gasteiger partial charge is 0.487 e. The molecule has 5 heteroatoms. The second kappa shape index (κ2) is 7.03. The molecule has 1 aromatic rings. The molecular formula is C16H22ClNO3. The van der Waals surface area contributed by atoms with Crippen molar-refractivity contribution in [1.82, 2.24) is 0 Å². The van der Waals surface area contributed by atoms with Gasteiger partial charge in [-0.2, -0.15) is 0 Å². The van der Waals surface area contributed by atoms with Crippen molar-refractivity contribution in [3.63, 3.8) is 0 Å². The Morgan fingerprint density at radius 2 is 2.00 bits per heavy atom. The number of nitrogens with one attached hydrogen (secondary N) is 1. The molecule has 0 unspecified atom stereocenters. The summed E-state index contributed by atoms with van der Waals surface area (Å²) in [5, 5.41) is 13.1. The number of ether oxygens (including phenoxy) is 1. The van der Waals surface area contributed by atoms with Crippen molar-refractivity contribution < 1.29 is 14.6 Å². The number of hydrogen-bond donors (Lipinski definition) is 2. The molecule has 4 nitrogen and oxygen atoms in total. The molecule has 2 N–H and O–H groups in total. The van der Waals surface area contributed by atoms with Crippen LogP contribution in [-0.2, 0) is 4.79 Å². The van der Waals surface area contributed by atoms with E-state index in [-0.39, 0.29) is 18.1 Å². The van der Waals surface area contributed by atoms with Gasteiger partial charge in [-0.1, -0.05) is 17.7 Å². The van der Waals surface area contributed by atoms with Gasteiger partial charge in [0.25, 0.3) is 0 Å². The van der Waals surface area contributed by atoms with Crippen molar-refractivity contribution in [1.29, 1.82) is 0 Å². The van der Waals surface area contributed by atoms with Gasteiger partial charge in [0.1, 0.15) is 0 Å². The van der Waals surface area contributed by atoms with Crippen molar-refractivity contribution in [2.45, 2.75) is 51.7 Å². The Morgan fingerprint density at radius 3 is 2.57 bits per heavy atom.